The predicted octanol–water partition coefficient (Wildman–Crippen LogP) is 2.23. The first-order valence-corrected chi connectivity index (χ1v) is 8.10. The molecule has 0 aliphatic carbocycles. The molecule has 0 bridgehead atoms. The molecule has 3 aromatic rings. The summed E-state index contributed by atoms with van der Waals surface area (Å²) < 4.78 is 5.06. The van der Waals surface area contributed by atoms with Gasteiger partial charge in [0.1, 0.15) is 11.9 Å². The summed E-state index contributed by atoms with van der Waals surface area (Å²) in [4.78, 5) is 32.2. The fourth-order valence-electron chi connectivity index (χ4n) is 2.53. The molecule has 0 aliphatic rings. The molecular formula is C18H20N4O3. The van der Waals surface area contributed by atoms with E-state index in [2.05, 4.69) is 20.6 Å². The predicted molar refractivity (Wildman–Crippen MR) is 92.7 cm³/mol. The lowest BCUT2D eigenvalue weighted by Gasteiger charge is -2.20. The minimum atomic E-state index is -0.665. The lowest BCUT2D eigenvalue weighted by atomic mass is 10.0. The van der Waals surface area contributed by atoms with Gasteiger partial charge in [-0.2, -0.15) is 0 Å². The molecule has 1 aromatic carbocycles. The Bertz CT molecular complexity index is 834. The van der Waals surface area contributed by atoms with Crippen molar-refractivity contribution >= 4 is 22.8 Å². The molecule has 0 radical (unpaired) electrons. The van der Waals surface area contributed by atoms with Crippen LogP contribution in [0.4, 0.5) is 0 Å². The van der Waals surface area contributed by atoms with E-state index < -0.39 is 11.9 Å². The van der Waals surface area contributed by atoms with Crippen LogP contribution >= 0.6 is 0 Å². The number of para-hydroxylation sites is 2. The molecule has 0 saturated carbocycles. The Hall–Kier alpha value is -3.09. The molecular weight excluding hydrogens is 320 g/mol. The first kappa shape index (κ1) is 16.8. The Kier molecular flexibility index (Phi) is 4.83. The zero-order valence-corrected chi connectivity index (χ0v) is 14.1. The van der Waals surface area contributed by atoms with Crippen LogP contribution in [0.1, 0.15) is 30.2 Å². The van der Waals surface area contributed by atoms with E-state index in [9.17, 15) is 9.59 Å². The highest BCUT2D eigenvalue weighted by molar-refractivity contribution is 5.95. The Labute approximate surface area is 144 Å². The maximum atomic E-state index is 12.5. The number of carbonyl (C=O) groups excluding carboxylic acids is 2. The highest BCUT2D eigenvalue weighted by Gasteiger charge is 2.25. The van der Waals surface area contributed by atoms with Crippen molar-refractivity contribution in [2.45, 2.75) is 26.4 Å². The topological polar surface area (TPSA) is 100 Å². The molecule has 0 saturated heterocycles. The number of fused-ring (bicyclic) bond motifs is 1. The van der Waals surface area contributed by atoms with Crippen LogP contribution in [-0.4, -0.2) is 27.8 Å². The Morgan fingerprint density at radius 1 is 1.20 bits per heavy atom. The van der Waals surface area contributed by atoms with Gasteiger partial charge in [0.2, 0.25) is 5.91 Å². The third kappa shape index (κ3) is 3.88. The van der Waals surface area contributed by atoms with Gasteiger partial charge >= 0.3 is 0 Å². The molecule has 7 nitrogen and oxygen atoms in total. The Balaban J connectivity index is 1.63. The van der Waals surface area contributed by atoms with Crippen molar-refractivity contribution in [3.8, 4) is 0 Å². The summed E-state index contributed by atoms with van der Waals surface area (Å²) in [5.41, 5.74) is 1.76. The molecule has 2 aromatic heterocycles. The maximum Gasteiger partial charge on any atom is 0.287 e. The van der Waals surface area contributed by atoms with Crippen molar-refractivity contribution in [2.75, 3.05) is 0 Å². The first-order chi connectivity index (χ1) is 12.0. The smallest absolute Gasteiger partial charge is 0.287 e. The van der Waals surface area contributed by atoms with Crippen LogP contribution in [0.2, 0.25) is 0 Å². The van der Waals surface area contributed by atoms with Crippen molar-refractivity contribution in [3.05, 3.63) is 54.2 Å². The quantitative estimate of drug-likeness (QED) is 0.640. The van der Waals surface area contributed by atoms with E-state index in [1.165, 1.54) is 6.26 Å². The van der Waals surface area contributed by atoms with Crippen molar-refractivity contribution in [1.29, 1.82) is 0 Å². The van der Waals surface area contributed by atoms with Crippen LogP contribution in [0.15, 0.2) is 47.1 Å². The average Bonchev–Trinajstić information content (AvgIpc) is 3.25. The number of carbonyl (C=O) groups is 2. The minimum absolute atomic E-state index is 0.0745. The van der Waals surface area contributed by atoms with Crippen molar-refractivity contribution in [3.63, 3.8) is 0 Å². The van der Waals surface area contributed by atoms with Crippen molar-refractivity contribution in [2.24, 2.45) is 5.92 Å². The number of H-pyrrole nitrogens is 1. The molecule has 1 unspecified atom stereocenters. The van der Waals surface area contributed by atoms with Crippen LogP contribution in [0.5, 0.6) is 0 Å². The van der Waals surface area contributed by atoms with Crippen LogP contribution in [0.3, 0.4) is 0 Å². The molecule has 2 amide bonds. The Morgan fingerprint density at radius 2 is 2.00 bits per heavy atom. The minimum Gasteiger partial charge on any atom is -0.459 e. The zero-order valence-electron chi connectivity index (χ0n) is 14.1. The molecule has 130 valence electrons. The molecule has 3 N–H and O–H groups in total. The van der Waals surface area contributed by atoms with Crippen LogP contribution in [0, 0.1) is 5.92 Å². The number of furan rings is 1. The number of nitrogens with zero attached hydrogens (tertiary/aromatic N) is 1. The molecule has 1 atom stereocenters. The number of amides is 2. The normalized spacial score (nSPS) is 12.3. The second-order valence-corrected chi connectivity index (χ2v) is 6.09. The highest BCUT2D eigenvalue weighted by Crippen LogP contribution is 2.10. The van der Waals surface area contributed by atoms with Crippen LogP contribution < -0.4 is 10.6 Å². The summed E-state index contributed by atoms with van der Waals surface area (Å²) >= 11 is 0. The van der Waals surface area contributed by atoms with Gasteiger partial charge in [0.25, 0.3) is 5.91 Å². The molecule has 2 heterocycles. The van der Waals surface area contributed by atoms with E-state index in [0.717, 1.165) is 11.0 Å². The van der Waals surface area contributed by atoms with E-state index in [4.69, 9.17) is 4.42 Å². The van der Waals surface area contributed by atoms with Gasteiger partial charge in [0, 0.05) is 0 Å². The number of hydrogen-bond acceptors (Lipinski definition) is 4. The van der Waals surface area contributed by atoms with Gasteiger partial charge in [0.05, 0.1) is 23.8 Å². The SMILES string of the molecule is CC(C)C(NC(=O)c1ccco1)C(=O)NCc1nc2ccccc2[nH]1. The third-order valence-electron chi connectivity index (χ3n) is 3.85. The van der Waals surface area contributed by atoms with Gasteiger partial charge in [-0.1, -0.05) is 26.0 Å². The van der Waals surface area contributed by atoms with Crippen molar-refractivity contribution in [1.82, 2.24) is 20.6 Å². The lowest BCUT2D eigenvalue weighted by Crippen LogP contribution is -2.49. The average molecular weight is 340 g/mol. The number of benzene rings is 1. The molecule has 3 rings (SSSR count). The van der Waals surface area contributed by atoms with E-state index in [0.29, 0.717) is 5.82 Å². The van der Waals surface area contributed by atoms with Gasteiger partial charge in [-0.3, -0.25) is 9.59 Å². The molecule has 25 heavy (non-hydrogen) atoms. The van der Waals surface area contributed by atoms with Crippen molar-refractivity contribution < 1.29 is 14.0 Å². The number of aromatic nitrogens is 2. The number of hydrogen-bond donors (Lipinski definition) is 3. The second-order valence-electron chi connectivity index (χ2n) is 6.09. The van der Waals surface area contributed by atoms with Crippen LogP contribution in [-0.2, 0) is 11.3 Å². The fourth-order valence-corrected chi connectivity index (χ4v) is 2.53. The van der Waals surface area contributed by atoms with Gasteiger partial charge in [0.15, 0.2) is 5.76 Å². The fraction of sp³-hybridized carbons (Fsp3) is 0.278. The number of rotatable bonds is 6. The number of aromatic amines is 1. The summed E-state index contributed by atoms with van der Waals surface area (Å²) in [5, 5.41) is 5.52. The maximum absolute atomic E-state index is 12.5. The standard InChI is InChI=1S/C18H20N4O3/c1-11(2)16(22-17(23)14-8-5-9-25-14)18(24)19-10-15-20-12-6-3-4-7-13(12)21-15/h3-9,11,16H,10H2,1-2H3,(H,19,24)(H,20,21)(H,22,23). The summed E-state index contributed by atoms with van der Waals surface area (Å²) in [5.74, 6) is 0.0812. The van der Waals surface area contributed by atoms with Gasteiger partial charge < -0.3 is 20.0 Å². The number of imidazole rings is 1. The van der Waals surface area contributed by atoms with E-state index in [1.807, 2.05) is 38.1 Å². The third-order valence-corrected chi connectivity index (χ3v) is 3.85. The molecule has 0 spiro atoms. The molecule has 0 fully saturated rings. The largest absolute Gasteiger partial charge is 0.459 e. The van der Waals surface area contributed by atoms with Gasteiger partial charge in [-0.05, 0) is 30.2 Å². The summed E-state index contributed by atoms with van der Waals surface area (Å²) in [6, 6.07) is 10.2. The lowest BCUT2D eigenvalue weighted by molar-refractivity contribution is -0.124. The van der Waals surface area contributed by atoms with Gasteiger partial charge in [-0.15, -0.1) is 0 Å². The van der Waals surface area contributed by atoms with E-state index in [1.54, 1.807) is 12.1 Å². The highest BCUT2D eigenvalue weighted by atomic mass is 16.3. The van der Waals surface area contributed by atoms with E-state index >= 15 is 0 Å². The summed E-state index contributed by atoms with van der Waals surface area (Å²) in [6.45, 7) is 4.00. The monoisotopic (exact) mass is 340 g/mol. The summed E-state index contributed by atoms with van der Waals surface area (Å²) in [6.07, 6.45) is 1.42. The molecule has 0 aliphatic heterocycles. The van der Waals surface area contributed by atoms with Gasteiger partial charge in [-0.25, -0.2) is 4.98 Å². The molecule has 7 heteroatoms. The second kappa shape index (κ2) is 7.21. The first-order valence-electron chi connectivity index (χ1n) is 8.10. The summed E-state index contributed by atoms with van der Waals surface area (Å²) in [7, 11) is 0. The zero-order chi connectivity index (χ0) is 17.8. The number of nitrogens with one attached hydrogen (secondary N) is 3. The van der Waals surface area contributed by atoms with Crippen LogP contribution in [0.25, 0.3) is 11.0 Å². The van der Waals surface area contributed by atoms with E-state index in [-0.39, 0.29) is 24.1 Å². The Morgan fingerprint density at radius 3 is 2.68 bits per heavy atom.